The molecule has 0 fully saturated rings. The molecule has 5 rings (SSSR count). The van der Waals surface area contributed by atoms with Crippen molar-refractivity contribution in [1.82, 2.24) is 20.2 Å². The molecule has 2 aromatic carbocycles. The van der Waals surface area contributed by atoms with Crippen molar-refractivity contribution in [2.45, 2.75) is 0 Å². The SMILES string of the molecule is Brc1ccc2nccc(-c3cn[nH]c3)c2c1.Brc1ccc2nccc(I)c2c1. The van der Waals surface area contributed by atoms with Crippen LogP contribution in [0.2, 0.25) is 0 Å². The number of nitrogens with zero attached hydrogens (tertiary/aromatic N) is 3. The molecule has 0 unspecified atom stereocenters. The van der Waals surface area contributed by atoms with Gasteiger partial charge in [-0.3, -0.25) is 15.1 Å². The van der Waals surface area contributed by atoms with Crippen LogP contribution < -0.4 is 0 Å². The van der Waals surface area contributed by atoms with E-state index >= 15 is 0 Å². The number of fused-ring (bicyclic) bond motifs is 2. The Balaban J connectivity index is 0.000000143. The quantitative estimate of drug-likeness (QED) is 0.209. The standard InChI is InChI=1S/C12H8BrN3.C9H5BrIN/c13-9-1-2-12-11(5-9)10(3-4-14-12)8-6-15-16-7-8;10-6-1-2-9-7(5-6)8(11)3-4-12-9/h1-7H,(H,15,16);1-5H. The maximum Gasteiger partial charge on any atom is 0.0713 e. The second-order valence-corrected chi connectivity index (χ2v) is 8.95. The highest BCUT2D eigenvalue weighted by molar-refractivity contribution is 14.1. The van der Waals surface area contributed by atoms with Gasteiger partial charge in [0, 0.05) is 47.4 Å². The molecule has 28 heavy (non-hydrogen) atoms. The first kappa shape index (κ1) is 19.5. The summed E-state index contributed by atoms with van der Waals surface area (Å²) in [6.45, 7) is 0. The molecular formula is C21H13Br2IN4. The van der Waals surface area contributed by atoms with Crippen molar-refractivity contribution in [3.05, 3.63) is 85.8 Å². The number of H-pyrrole nitrogens is 1. The smallest absolute Gasteiger partial charge is 0.0713 e. The van der Waals surface area contributed by atoms with Crippen LogP contribution in [-0.4, -0.2) is 20.2 Å². The molecule has 0 aliphatic rings. The second-order valence-electron chi connectivity index (χ2n) is 5.96. The van der Waals surface area contributed by atoms with Crippen LogP contribution in [0.5, 0.6) is 0 Å². The Hall–Kier alpha value is -1.84. The third-order valence-electron chi connectivity index (χ3n) is 4.16. The molecule has 0 amide bonds. The molecule has 0 saturated heterocycles. The molecule has 0 bridgehead atoms. The topological polar surface area (TPSA) is 54.5 Å². The summed E-state index contributed by atoms with van der Waals surface area (Å²) in [4.78, 5) is 8.60. The third-order valence-corrected chi connectivity index (χ3v) is 6.09. The molecule has 4 nitrogen and oxygen atoms in total. The zero-order chi connectivity index (χ0) is 19.5. The van der Waals surface area contributed by atoms with Crippen LogP contribution in [0.25, 0.3) is 32.9 Å². The molecular weight excluding hydrogens is 595 g/mol. The number of aromatic nitrogens is 4. The number of pyridine rings is 2. The average Bonchev–Trinajstić information content (AvgIpc) is 3.23. The fourth-order valence-electron chi connectivity index (χ4n) is 2.85. The van der Waals surface area contributed by atoms with E-state index in [2.05, 4.69) is 86.7 Å². The van der Waals surface area contributed by atoms with Gasteiger partial charge >= 0.3 is 0 Å². The monoisotopic (exact) mass is 606 g/mol. The first-order valence-electron chi connectivity index (χ1n) is 8.35. The van der Waals surface area contributed by atoms with E-state index in [1.807, 2.05) is 61.2 Å². The van der Waals surface area contributed by atoms with Gasteiger partial charge in [-0.25, -0.2) is 0 Å². The van der Waals surface area contributed by atoms with Gasteiger partial charge in [0.15, 0.2) is 0 Å². The number of hydrogen-bond acceptors (Lipinski definition) is 3. The minimum atomic E-state index is 0.988. The maximum atomic E-state index is 4.34. The lowest BCUT2D eigenvalue weighted by Crippen LogP contribution is -1.82. The minimum absolute atomic E-state index is 0.988. The largest absolute Gasteiger partial charge is 0.285 e. The number of halogens is 3. The van der Waals surface area contributed by atoms with Crippen molar-refractivity contribution in [2.24, 2.45) is 0 Å². The normalized spacial score (nSPS) is 10.7. The van der Waals surface area contributed by atoms with Crippen LogP contribution in [0.1, 0.15) is 0 Å². The zero-order valence-corrected chi connectivity index (χ0v) is 19.7. The minimum Gasteiger partial charge on any atom is -0.285 e. The summed E-state index contributed by atoms with van der Waals surface area (Å²) < 4.78 is 3.39. The fraction of sp³-hybridized carbons (Fsp3) is 0. The molecule has 0 aliphatic heterocycles. The summed E-state index contributed by atoms with van der Waals surface area (Å²) in [6.07, 6.45) is 7.35. The molecule has 3 heterocycles. The predicted molar refractivity (Wildman–Crippen MR) is 129 cm³/mol. The average molecular weight is 608 g/mol. The van der Waals surface area contributed by atoms with Crippen molar-refractivity contribution in [3.63, 3.8) is 0 Å². The Labute approximate surface area is 192 Å². The molecule has 5 aromatic rings. The van der Waals surface area contributed by atoms with Gasteiger partial charge < -0.3 is 0 Å². The number of aromatic amines is 1. The lowest BCUT2D eigenvalue weighted by atomic mass is 10.0. The van der Waals surface area contributed by atoms with E-state index < -0.39 is 0 Å². The second kappa shape index (κ2) is 8.67. The van der Waals surface area contributed by atoms with Gasteiger partial charge in [-0.15, -0.1) is 0 Å². The Morgan fingerprint density at radius 3 is 2.11 bits per heavy atom. The van der Waals surface area contributed by atoms with Gasteiger partial charge in [-0.05, 0) is 76.7 Å². The highest BCUT2D eigenvalue weighted by Crippen LogP contribution is 2.28. The Morgan fingerprint density at radius 2 is 1.43 bits per heavy atom. The van der Waals surface area contributed by atoms with Crippen molar-refractivity contribution < 1.29 is 0 Å². The first-order chi connectivity index (χ1) is 13.6. The van der Waals surface area contributed by atoms with E-state index in [0.717, 1.165) is 36.5 Å². The van der Waals surface area contributed by atoms with Gasteiger partial charge in [0.2, 0.25) is 0 Å². The van der Waals surface area contributed by atoms with Crippen molar-refractivity contribution >= 4 is 76.3 Å². The molecule has 138 valence electrons. The maximum absolute atomic E-state index is 4.34. The summed E-state index contributed by atoms with van der Waals surface area (Å²) in [7, 11) is 0. The third kappa shape index (κ3) is 4.26. The van der Waals surface area contributed by atoms with Crippen molar-refractivity contribution in [3.8, 4) is 11.1 Å². The van der Waals surface area contributed by atoms with E-state index in [4.69, 9.17) is 0 Å². The van der Waals surface area contributed by atoms with Gasteiger partial charge in [0.05, 0.1) is 17.2 Å². The van der Waals surface area contributed by atoms with Crippen molar-refractivity contribution in [1.29, 1.82) is 0 Å². The molecule has 3 aromatic heterocycles. The Bertz CT molecular complexity index is 1260. The fourth-order valence-corrected chi connectivity index (χ4v) is 4.17. The van der Waals surface area contributed by atoms with Crippen LogP contribution in [-0.2, 0) is 0 Å². The van der Waals surface area contributed by atoms with Crippen LogP contribution in [0.15, 0.2) is 82.3 Å². The van der Waals surface area contributed by atoms with Crippen LogP contribution >= 0.6 is 54.5 Å². The lowest BCUT2D eigenvalue weighted by molar-refractivity contribution is 1.09. The molecule has 7 heteroatoms. The predicted octanol–water partition coefficient (Wildman–Crippen LogP) is 6.99. The van der Waals surface area contributed by atoms with E-state index in [-0.39, 0.29) is 0 Å². The van der Waals surface area contributed by atoms with Crippen LogP contribution in [0, 0.1) is 3.57 Å². The number of hydrogen-bond donors (Lipinski definition) is 1. The van der Waals surface area contributed by atoms with Crippen LogP contribution in [0.3, 0.4) is 0 Å². The molecule has 0 spiro atoms. The van der Waals surface area contributed by atoms with E-state index in [1.165, 1.54) is 8.96 Å². The van der Waals surface area contributed by atoms with Gasteiger partial charge in [0.25, 0.3) is 0 Å². The highest BCUT2D eigenvalue weighted by Gasteiger charge is 2.05. The Kier molecular flexibility index (Phi) is 6.03. The number of nitrogens with one attached hydrogen (secondary N) is 1. The summed E-state index contributed by atoms with van der Waals surface area (Å²) in [5, 5.41) is 9.12. The lowest BCUT2D eigenvalue weighted by Gasteiger charge is -2.03. The van der Waals surface area contributed by atoms with E-state index in [1.54, 1.807) is 0 Å². The van der Waals surface area contributed by atoms with Gasteiger partial charge in [-0.2, -0.15) is 5.10 Å². The molecule has 0 aliphatic carbocycles. The van der Waals surface area contributed by atoms with E-state index in [0.29, 0.717) is 0 Å². The summed E-state index contributed by atoms with van der Waals surface area (Å²) >= 11 is 9.23. The number of benzene rings is 2. The summed E-state index contributed by atoms with van der Waals surface area (Å²) in [6, 6.07) is 16.2. The summed E-state index contributed by atoms with van der Waals surface area (Å²) in [5.74, 6) is 0. The number of rotatable bonds is 1. The van der Waals surface area contributed by atoms with Crippen LogP contribution in [0.4, 0.5) is 0 Å². The Morgan fingerprint density at radius 1 is 0.786 bits per heavy atom. The van der Waals surface area contributed by atoms with Crippen molar-refractivity contribution in [2.75, 3.05) is 0 Å². The van der Waals surface area contributed by atoms with Gasteiger partial charge in [-0.1, -0.05) is 31.9 Å². The molecule has 1 N–H and O–H groups in total. The molecule has 0 radical (unpaired) electrons. The molecule has 0 atom stereocenters. The van der Waals surface area contributed by atoms with E-state index in [9.17, 15) is 0 Å². The van der Waals surface area contributed by atoms with Gasteiger partial charge in [0.1, 0.15) is 0 Å². The highest BCUT2D eigenvalue weighted by atomic mass is 127. The summed E-state index contributed by atoms with van der Waals surface area (Å²) in [5.41, 5.74) is 4.25. The molecule has 0 saturated carbocycles. The zero-order valence-electron chi connectivity index (χ0n) is 14.4. The first-order valence-corrected chi connectivity index (χ1v) is 11.0.